The van der Waals surface area contributed by atoms with Crippen LogP contribution in [0.5, 0.6) is 5.75 Å². The monoisotopic (exact) mass is 257 g/mol. The fourth-order valence-corrected chi connectivity index (χ4v) is 1.68. The first-order chi connectivity index (χ1) is 8.51. The Morgan fingerprint density at radius 1 is 1.50 bits per heavy atom. The van der Waals surface area contributed by atoms with E-state index >= 15 is 0 Å². The van der Waals surface area contributed by atoms with Crippen molar-refractivity contribution >= 4 is 5.97 Å². The summed E-state index contributed by atoms with van der Waals surface area (Å²) in [5.74, 6) is -1.31. The van der Waals surface area contributed by atoms with Gasteiger partial charge in [0.05, 0.1) is 25.7 Å². The molecule has 0 aliphatic carbocycles. The number of ether oxygens (including phenoxy) is 2. The molecule has 100 valence electrons. The maximum Gasteiger partial charge on any atom is 0.305 e. The molecule has 0 aliphatic heterocycles. The van der Waals surface area contributed by atoms with Crippen molar-refractivity contribution in [3.63, 3.8) is 0 Å². The van der Waals surface area contributed by atoms with E-state index in [0.717, 1.165) is 0 Å². The molecule has 0 heterocycles. The number of benzene rings is 1. The number of carbonyl (C=O) groups is 1. The molecular weight excluding hydrogens is 241 g/mol. The van der Waals surface area contributed by atoms with Crippen molar-refractivity contribution in [2.45, 2.75) is 19.1 Å². The number of halogens is 1. The van der Waals surface area contributed by atoms with Crippen LogP contribution in [-0.4, -0.2) is 25.3 Å². The Hall–Kier alpha value is -1.66. The average molecular weight is 257 g/mol. The zero-order valence-corrected chi connectivity index (χ0v) is 10.3. The predicted octanol–water partition coefficient (Wildman–Crippen LogP) is 1.46. The molecule has 18 heavy (non-hydrogen) atoms. The maximum absolute atomic E-state index is 14.2. The smallest absolute Gasteiger partial charge is 0.305 e. The van der Waals surface area contributed by atoms with E-state index in [1.54, 1.807) is 6.07 Å². The normalized spacial score (nSPS) is 12.2. The lowest BCUT2D eigenvalue weighted by Gasteiger charge is -2.15. The Morgan fingerprint density at radius 2 is 2.17 bits per heavy atom. The molecule has 0 saturated carbocycles. The zero-order chi connectivity index (χ0) is 13.7. The summed E-state index contributed by atoms with van der Waals surface area (Å²) < 4.78 is 24.1. The van der Waals surface area contributed by atoms with E-state index in [4.69, 9.17) is 20.3 Å². The van der Waals surface area contributed by atoms with Crippen LogP contribution in [-0.2, 0) is 16.1 Å². The van der Waals surface area contributed by atoms with Gasteiger partial charge < -0.3 is 20.3 Å². The van der Waals surface area contributed by atoms with Crippen molar-refractivity contribution in [3.05, 3.63) is 29.1 Å². The van der Waals surface area contributed by atoms with Gasteiger partial charge in [0.1, 0.15) is 11.6 Å². The minimum Gasteiger partial charge on any atom is -0.496 e. The number of hydrogen-bond donors (Lipinski definition) is 2. The minimum atomic E-state index is -1.08. The number of aliphatic carboxylic acids is 1. The molecule has 1 aromatic rings. The lowest BCUT2D eigenvalue weighted by molar-refractivity contribution is -0.137. The molecule has 1 rings (SSSR count). The second kappa shape index (κ2) is 6.32. The van der Waals surface area contributed by atoms with Gasteiger partial charge in [-0.1, -0.05) is 6.07 Å². The number of hydrogen-bond acceptors (Lipinski definition) is 4. The second-order valence-electron chi connectivity index (χ2n) is 3.79. The van der Waals surface area contributed by atoms with E-state index in [1.165, 1.54) is 20.3 Å². The molecule has 0 aromatic heterocycles. The van der Waals surface area contributed by atoms with E-state index in [9.17, 15) is 9.18 Å². The summed E-state index contributed by atoms with van der Waals surface area (Å²) in [4.78, 5) is 10.6. The van der Waals surface area contributed by atoms with Gasteiger partial charge in [-0.05, 0) is 6.07 Å². The number of carboxylic acids is 1. The predicted molar refractivity (Wildman–Crippen MR) is 62.8 cm³/mol. The summed E-state index contributed by atoms with van der Waals surface area (Å²) >= 11 is 0. The Labute approximate surface area is 104 Å². The van der Waals surface area contributed by atoms with Gasteiger partial charge in [0.2, 0.25) is 0 Å². The molecule has 6 heteroatoms. The number of methoxy groups -OCH3 is 2. The molecule has 0 spiro atoms. The quantitative estimate of drug-likeness (QED) is 0.806. The van der Waals surface area contributed by atoms with E-state index in [1.807, 2.05) is 0 Å². The van der Waals surface area contributed by atoms with E-state index in [0.29, 0.717) is 5.75 Å². The van der Waals surface area contributed by atoms with Crippen molar-refractivity contribution in [1.29, 1.82) is 0 Å². The molecule has 3 N–H and O–H groups in total. The van der Waals surface area contributed by atoms with Crippen LogP contribution in [0.25, 0.3) is 0 Å². The standard InChI is InChI=1S/C12H16FNO4/c1-17-6-8-10(18-2)4-3-7(12(8)13)9(14)5-11(15)16/h3-4,9H,5-6,14H2,1-2H3,(H,15,16). The van der Waals surface area contributed by atoms with Crippen molar-refractivity contribution in [2.75, 3.05) is 14.2 Å². The Balaban J connectivity index is 3.14. The fraction of sp³-hybridized carbons (Fsp3) is 0.417. The summed E-state index contributed by atoms with van der Waals surface area (Å²) in [6.07, 6.45) is -0.338. The number of carboxylic acid groups (broad SMARTS) is 1. The Bertz CT molecular complexity index is 436. The van der Waals surface area contributed by atoms with Gasteiger partial charge in [0.25, 0.3) is 0 Å². The first kappa shape index (κ1) is 14.4. The van der Waals surface area contributed by atoms with Crippen LogP contribution in [0.3, 0.4) is 0 Å². The molecule has 0 bridgehead atoms. The first-order valence-corrected chi connectivity index (χ1v) is 5.32. The highest BCUT2D eigenvalue weighted by molar-refractivity contribution is 5.68. The lowest BCUT2D eigenvalue weighted by Crippen LogP contribution is -2.17. The lowest BCUT2D eigenvalue weighted by atomic mass is 10.0. The summed E-state index contributed by atoms with van der Waals surface area (Å²) in [7, 11) is 2.85. The molecule has 1 atom stereocenters. The molecular formula is C12H16FNO4. The van der Waals surface area contributed by atoms with Crippen LogP contribution in [0.15, 0.2) is 12.1 Å². The Kier molecular flexibility index (Phi) is 5.06. The summed E-state index contributed by atoms with van der Waals surface area (Å²) in [5.41, 5.74) is 6.03. The molecule has 1 aromatic carbocycles. The molecule has 0 amide bonds. The number of rotatable bonds is 6. The second-order valence-corrected chi connectivity index (χ2v) is 3.79. The van der Waals surface area contributed by atoms with Gasteiger partial charge >= 0.3 is 5.97 Å². The average Bonchev–Trinajstić information content (AvgIpc) is 2.30. The highest BCUT2D eigenvalue weighted by atomic mass is 19.1. The Morgan fingerprint density at radius 3 is 2.67 bits per heavy atom. The zero-order valence-electron chi connectivity index (χ0n) is 10.3. The summed E-state index contributed by atoms with van der Waals surface area (Å²) in [6, 6.07) is 2.08. The first-order valence-electron chi connectivity index (χ1n) is 5.32. The third-order valence-corrected chi connectivity index (χ3v) is 2.53. The van der Waals surface area contributed by atoms with Crippen molar-refractivity contribution in [3.8, 4) is 5.75 Å². The highest BCUT2D eigenvalue weighted by Crippen LogP contribution is 2.28. The van der Waals surface area contributed by atoms with E-state index in [2.05, 4.69) is 0 Å². The molecule has 0 radical (unpaired) electrons. The van der Waals surface area contributed by atoms with Gasteiger partial charge in [-0.15, -0.1) is 0 Å². The molecule has 0 aliphatic rings. The van der Waals surface area contributed by atoms with Gasteiger partial charge in [0, 0.05) is 18.7 Å². The largest absolute Gasteiger partial charge is 0.496 e. The van der Waals surface area contributed by atoms with E-state index in [-0.39, 0.29) is 24.2 Å². The van der Waals surface area contributed by atoms with Gasteiger partial charge in [-0.25, -0.2) is 4.39 Å². The third-order valence-electron chi connectivity index (χ3n) is 2.53. The van der Waals surface area contributed by atoms with Crippen LogP contribution in [0.4, 0.5) is 4.39 Å². The molecule has 0 fully saturated rings. The van der Waals surface area contributed by atoms with Gasteiger partial charge in [-0.2, -0.15) is 0 Å². The highest BCUT2D eigenvalue weighted by Gasteiger charge is 2.20. The van der Waals surface area contributed by atoms with E-state index < -0.39 is 17.8 Å². The SMILES string of the molecule is COCc1c(OC)ccc(C(N)CC(=O)O)c1F. The van der Waals surface area contributed by atoms with Gasteiger partial charge in [0.15, 0.2) is 0 Å². The summed E-state index contributed by atoms with van der Waals surface area (Å²) in [6.45, 7) is 0.0304. The van der Waals surface area contributed by atoms with Crippen LogP contribution in [0.1, 0.15) is 23.6 Å². The van der Waals surface area contributed by atoms with Crippen LogP contribution in [0, 0.1) is 5.82 Å². The maximum atomic E-state index is 14.2. The number of nitrogens with two attached hydrogens (primary N) is 1. The molecule has 5 nitrogen and oxygen atoms in total. The van der Waals surface area contributed by atoms with Crippen molar-refractivity contribution in [1.82, 2.24) is 0 Å². The topological polar surface area (TPSA) is 81.8 Å². The minimum absolute atomic E-state index is 0.0304. The van der Waals surface area contributed by atoms with Crippen LogP contribution < -0.4 is 10.5 Å². The van der Waals surface area contributed by atoms with Crippen molar-refractivity contribution in [2.24, 2.45) is 5.73 Å². The van der Waals surface area contributed by atoms with Gasteiger partial charge in [-0.3, -0.25) is 4.79 Å². The van der Waals surface area contributed by atoms with Crippen LogP contribution >= 0.6 is 0 Å². The molecule has 0 saturated heterocycles. The fourth-order valence-electron chi connectivity index (χ4n) is 1.68. The molecule has 1 unspecified atom stereocenters. The van der Waals surface area contributed by atoms with Crippen LogP contribution in [0.2, 0.25) is 0 Å². The third kappa shape index (κ3) is 3.18. The summed E-state index contributed by atoms with van der Waals surface area (Å²) in [5, 5.41) is 8.66. The van der Waals surface area contributed by atoms with Crippen molar-refractivity contribution < 1.29 is 23.8 Å².